The second-order valence-electron chi connectivity index (χ2n) is 28.4. The summed E-state index contributed by atoms with van der Waals surface area (Å²) in [5, 5.41) is 0. The first-order valence-electron chi connectivity index (χ1n) is 39.9. The number of likely N-dealkylation sites (tertiary alicyclic amines) is 2. The van der Waals surface area contributed by atoms with E-state index in [1.54, 1.807) is 24.3 Å². The van der Waals surface area contributed by atoms with Crippen LogP contribution in [0.4, 0.5) is 0 Å². The first kappa shape index (κ1) is 86.3. The van der Waals surface area contributed by atoms with Crippen LogP contribution in [-0.2, 0) is 60.6 Å². The number of esters is 6. The first-order valence-corrected chi connectivity index (χ1v) is 42.4. The molecule has 0 radical (unpaired) electrons. The maximum atomic E-state index is 12.7. The highest BCUT2D eigenvalue weighted by Gasteiger charge is 2.22. The number of carbonyl (C=O) groups is 6. The standard InChI is InChI=1S/C82H136N2O12S2/c1-4-7-10-13-16-17-18-27-34-62-91-77(85)37-30-23-19-25-32-39-79(87)95-75-45-41-73(42-46-75)68-81(89)93-64-54-71-49-56-83(57-50-71)60-66-97-98-67-61-84-58-51-72(52-59-84)55-65-94-82(90)69-74-43-47-76(48-44-74)96-80(88)40-33-26-20-24-31-38-78(86)92-63-53-70(35-28-21-14-11-8-5-2)36-29-22-15-12-9-6-3/h41-48,70-72H,4-40,49-69H2,1-3H3. The monoisotopic (exact) mass is 1400 g/mol. The lowest BCUT2D eigenvalue weighted by atomic mass is 9.91. The fourth-order valence-electron chi connectivity index (χ4n) is 13.4. The van der Waals surface area contributed by atoms with Gasteiger partial charge < -0.3 is 38.2 Å². The van der Waals surface area contributed by atoms with Gasteiger partial charge in [0.25, 0.3) is 0 Å². The van der Waals surface area contributed by atoms with E-state index >= 15 is 0 Å². The topological polar surface area (TPSA) is 164 Å². The molecule has 0 N–H and O–H groups in total. The zero-order chi connectivity index (χ0) is 70.0. The molecule has 0 amide bonds. The van der Waals surface area contributed by atoms with E-state index in [0.717, 1.165) is 184 Å². The van der Waals surface area contributed by atoms with Crippen LogP contribution in [0.5, 0.6) is 11.5 Å². The molecule has 2 aliphatic heterocycles. The summed E-state index contributed by atoms with van der Waals surface area (Å²) in [6.07, 6.45) is 47.7. The summed E-state index contributed by atoms with van der Waals surface area (Å²) in [6, 6.07) is 14.3. The van der Waals surface area contributed by atoms with Crippen molar-refractivity contribution in [3.8, 4) is 11.5 Å². The van der Waals surface area contributed by atoms with Crippen LogP contribution in [0.25, 0.3) is 0 Å². The highest BCUT2D eigenvalue weighted by molar-refractivity contribution is 8.76. The van der Waals surface area contributed by atoms with Gasteiger partial charge in [-0.25, -0.2) is 0 Å². The number of hydrogen-bond acceptors (Lipinski definition) is 16. The molecule has 0 aromatic heterocycles. The zero-order valence-electron chi connectivity index (χ0n) is 62.0. The van der Waals surface area contributed by atoms with E-state index < -0.39 is 0 Å². The summed E-state index contributed by atoms with van der Waals surface area (Å²) < 4.78 is 33.5. The summed E-state index contributed by atoms with van der Waals surface area (Å²) in [6.45, 7) is 15.3. The van der Waals surface area contributed by atoms with Crippen LogP contribution in [0.3, 0.4) is 0 Å². The van der Waals surface area contributed by atoms with Gasteiger partial charge in [-0.2, -0.15) is 0 Å². The van der Waals surface area contributed by atoms with Crippen molar-refractivity contribution in [3.63, 3.8) is 0 Å². The Morgan fingerprint density at radius 1 is 0.357 bits per heavy atom. The van der Waals surface area contributed by atoms with Gasteiger partial charge in [0, 0.05) is 50.3 Å². The third kappa shape index (κ3) is 47.1. The molecule has 0 spiro atoms. The Kier molecular flexibility index (Phi) is 52.3. The molecule has 0 unspecified atom stereocenters. The van der Waals surface area contributed by atoms with E-state index in [4.69, 9.17) is 28.4 Å². The Balaban J connectivity index is 0.889. The van der Waals surface area contributed by atoms with Crippen molar-refractivity contribution in [2.24, 2.45) is 17.8 Å². The number of ether oxygens (including phenoxy) is 6. The van der Waals surface area contributed by atoms with Crippen LogP contribution >= 0.6 is 21.6 Å². The SMILES string of the molecule is CCCCCCCCCCCOC(=O)CCCCCCCC(=O)Oc1ccc(CC(=O)OCCC2CCN(CCSSCCN3CCC(CCOC(=O)Cc4ccc(OC(=O)CCCCCCCC(=O)OCCC(CCCCCCCC)CCCCCCCC)cc4)CC3)CC2)cc1. The predicted molar refractivity (Wildman–Crippen MR) is 404 cm³/mol. The van der Waals surface area contributed by atoms with Crippen LogP contribution in [0, 0.1) is 17.8 Å². The van der Waals surface area contributed by atoms with Crippen molar-refractivity contribution in [3.05, 3.63) is 59.7 Å². The first-order chi connectivity index (χ1) is 48.0. The number of unbranched alkanes of at least 4 members (excludes halogenated alkanes) is 26. The Bertz CT molecular complexity index is 2310. The number of nitrogens with zero attached hydrogens (tertiary/aromatic N) is 2. The minimum atomic E-state index is -0.262. The quantitative estimate of drug-likeness (QED) is 0.0202. The third-order valence-electron chi connectivity index (χ3n) is 19.8. The lowest BCUT2D eigenvalue weighted by Gasteiger charge is -2.32. The molecule has 2 fully saturated rings. The highest BCUT2D eigenvalue weighted by Crippen LogP contribution is 2.28. The molecule has 0 bridgehead atoms. The average Bonchev–Trinajstić information content (AvgIpc) is 1.20. The Labute approximate surface area is 603 Å². The molecule has 0 saturated carbocycles. The van der Waals surface area contributed by atoms with Crippen molar-refractivity contribution in [1.82, 2.24) is 9.80 Å². The van der Waals surface area contributed by atoms with Crippen LogP contribution in [0.2, 0.25) is 0 Å². The number of piperidine rings is 2. The van der Waals surface area contributed by atoms with E-state index in [2.05, 4.69) is 30.6 Å². The molecule has 2 saturated heterocycles. The molecule has 4 rings (SSSR count). The van der Waals surface area contributed by atoms with Gasteiger partial charge in [0.1, 0.15) is 11.5 Å². The van der Waals surface area contributed by atoms with Crippen LogP contribution < -0.4 is 9.47 Å². The van der Waals surface area contributed by atoms with Crippen molar-refractivity contribution in [2.75, 3.05) is 77.2 Å². The Morgan fingerprint density at radius 2 is 0.673 bits per heavy atom. The molecule has 98 heavy (non-hydrogen) atoms. The van der Waals surface area contributed by atoms with E-state index in [1.807, 2.05) is 45.9 Å². The maximum Gasteiger partial charge on any atom is 0.311 e. The minimum absolute atomic E-state index is 0.0763. The van der Waals surface area contributed by atoms with Crippen molar-refractivity contribution < 1.29 is 57.2 Å². The van der Waals surface area contributed by atoms with Gasteiger partial charge in [0.05, 0.1) is 39.3 Å². The van der Waals surface area contributed by atoms with Crippen molar-refractivity contribution >= 4 is 57.4 Å². The normalized spacial score (nSPS) is 14.0. The Hall–Kier alpha value is -4.12. The molecule has 2 heterocycles. The second kappa shape index (κ2) is 59.4. The van der Waals surface area contributed by atoms with Crippen LogP contribution in [-0.4, -0.2) is 123 Å². The number of carbonyl (C=O) groups excluding carboxylic acids is 6. The van der Waals surface area contributed by atoms with E-state index in [0.29, 0.717) is 81.4 Å². The van der Waals surface area contributed by atoms with Gasteiger partial charge in [0.15, 0.2) is 0 Å². The maximum absolute atomic E-state index is 12.7. The van der Waals surface area contributed by atoms with Gasteiger partial charge in [0.2, 0.25) is 0 Å². The number of hydrogen-bond donors (Lipinski definition) is 0. The molecule has 2 aliphatic rings. The molecule has 2 aromatic rings. The van der Waals surface area contributed by atoms with E-state index in [-0.39, 0.29) is 48.7 Å². The molecule has 0 aliphatic carbocycles. The highest BCUT2D eigenvalue weighted by atomic mass is 33.1. The average molecular weight is 1410 g/mol. The second-order valence-corrected chi connectivity index (χ2v) is 31.1. The zero-order valence-corrected chi connectivity index (χ0v) is 63.6. The smallest absolute Gasteiger partial charge is 0.311 e. The lowest BCUT2D eigenvalue weighted by molar-refractivity contribution is -0.145. The summed E-state index contributed by atoms with van der Waals surface area (Å²) >= 11 is 0. The van der Waals surface area contributed by atoms with E-state index in [9.17, 15) is 28.8 Å². The van der Waals surface area contributed by atoms with Gasteiger partial charge in [-0.1, -0.05) is 246 Å². The van der Waals surface area contributed by atoms with Gasteiger partial charge >= 0.3 is 35.8 Å². The number of benzene rings is 2. The molecule has 0 atom stereocenters. The summed E-state index contributed by atoms with van der Waals surface area (Å²) in [7, 11) is 3.95. The predicted octanol–water partition coefficient (Wildman–Crippen LogP) is 20.5. The van der Waals surface area contributed by atoms with E-state index in [1.165, 1.54) is 135 Å². The molecule has 16 heteroatoms. The molecule has 558 valence electrons. The molecular formula is C82H136N2O12S2. The fourth-order valence-corrected chi connectivity index (χ4v) is 15.4. The van der Waals surface area contributed by atoms with Gasteiger partial charge in [-0.15, -0.1) is 0 Å². The minimum Gasteiger partial charge on any atom is -0.466 e. The van der Waals surface area contributed by atoms with Crippen molar-refractivity contribution in [1.29, 1.82) is 0 Å². The Morgan fingerprint density at radius 3 is 1.05 bits per heavy atom. The largest absolute Gasteiger partial charge is 0.466 e. The lowest BCUT2D eigenvalue weighted by Crippen LogP contribution is -2.36. The summed E-state index contributed by atoms with van der Waals surface area (Å²) in [4.78, 5) is 80.1. The van der Waals surface area contributed by atoms with Gasteiger partial charge in [-0.05, 0) is 156 Å². The summed E-state index contributed by atoms with van der Waals surface area (Å²) in [5.41, 5.74) is 1.66. The molecule has 14 nitrogen and oxygen atoms in total. The van der Waals surface area contributed by atoms with Crippen molar-refractivity contribution in [2.45, 2.75) is 316 Å². The summed E-state index contributed by atoms with van der Waals surface area (Å²) in [5.74, 6) is 3.84. The van der Waals surface area contributed by atoms with Crippen LogP contribution in [0.15, 0.2) is 48.5 Å². The number of rotatable bonds is 62. The fraction of sp³-hybridized carbons (Fsp3) is 0.780. The van der Waals surface area contributed by atoms with Gasteiger partial charge in [-0.3, -0.25) is 28.8 Å². The van der Waals surface area contributed by atoms with Crippen LogP contribution in [0.1, 0.15) is 314 Å². The molecular weight excluding hydrogens is 1270 g/mol. The molecule has 2 aromatic carbocycles. The third-order valence-corrected chi connectivity index (χ3v) is 22.2.